The normalized spacial score (nSPS) is 14.2. The minimum atomic E-state index is -0.156. The zero-order chi connectivity index (χ0) is 80.9. The molecule has 12 aromatic carbocycles. The first-order chi connectivity index (χ1) is 52.6. The number of hydrogen-bond acceptors (Lipinski definition) is 3. The lowest BCUT2D eigenvalue weighted by Crippen LogP contribution is -2.40. The molecule has 3 aliphatic rings. The molecule has 0 heterocycles. The fourth-order valence-electron chi connectivity index (χ4n) is 19.1. The smallest absolute Gasteiger partial charge is 0.0460 e. The molecule has 0 atom stereocenters. The molecular weight excluding hydrogens is 1350 g/mol. The monoisotopic (exact) mass is 1480 g/mol. The summed E-state index contributed by atoms with van der Waals surface area (Å²) < 4.78 is 0. The summed E-state index contributed by atoms with van der Waals surface area (Å²) in [4.78, 5) is 7.80. The van der Waals surface area contributed by atoms with Gasteiger partial charge in [0.2, 0.25) is 0 Å². The Hall–Kier alpha value is -9.96. The zero-order valence-electron chi connectivity index (χ0n) is 72.7. The van der Waals surface area contributed by atoms with Gasteiger partial charge >= 0.3 is 0 Å². The maximum absolute atomic E-state index is 2.63. The average Bonchev–Trinajstić information content (AvgIpc) is 1.54. The quantitative estimate of drug-likeness (QED) is 0.128. The second-order valence-corrected chi connectivity index (χ2v) is 39.3. The molecule has 0 aromatic heterocycles. The van der Waals surface area contributed by atoms with Crippen molar-refractivity contribution in [3.8, 4) is 66.8 Å². The van der Waals surface area contributed by atoms with Crippen molar-refractivity contribution < 1.29 is 0 Å². The van der Waals surface area contributed by atoms with Crippen LogP contribution in [0.5, 0.6) is 0 Å². The predicted octanol–water partition coefficient (Wildman–Crippen LogP) is 31.2. The zero-order valence-corrected chi connectivity index (χ0v) is 72.7. The molecule has 0 radical (unpaired) electrons. The minimum Gasteiger partial charge on any atom is -0.336 e. The maximum atomic E-state index is 2.63. The lowest BCUT2D eigenvalue weighted by atomic mass is 9.76. The minimum absolute atomic E-state index is 0.00300. The summed E-state index contributed by atoms with van der Waals surface area (Å²) in [6.45, 7) is 63.3. The van der Waals surface area contributed by atoms with Crippen LogP contribution in [0.15, 0.2) is 255 Å². The molecule has 576 valence electrons. The summed E-state index contributed by atoms with van der Waals surface area (Å²) >= 11 is 0. The number of hydrogen-bond donors (Lipinski definition) is 0. The van der Waals surface area contributed by atoms with E-state index in [4.69, 9.17) is 0 Å². The molecule has 0 saturated carbocycles. The van der Waals surface area contributed by atoms with Gasteiger partial charge in [-0.1, -0.05) is 329 Å². The van der Waals surface area contributed by atoms with Crippen LogP contribution in [0.3, 0.4) is 0 Å². The fourth-order valence-corrected chi connectivity index (χ4v) is 19.1. The lowest BCUT2D eigenvalue weighted by Gasteiger charge is -2.44. The summed E-state index contributed by atoms with van der Waals surface area (Å²) in [6.07, 6.45) is 0. The van der Waals surface area contributed by atoms with E-state index in [-0.39, 0.29) is 43.7 Å². The molecule has 0 unspecified atom stereocenters. The van der Waals surface area contributed by atoms with Crippen molar-refractivity contribution in [1.82, 2.24) is 0 Å². The highest BCUT2D eigenvalue weighted by atomic mass is 15.2. The number of benzene rings is 12. The maximum Gasteiger partial charge on any atom is 0.0460 e. The van der Waals surface area contributed by atoms with Gasteiger partial charge < -0.3 is 14.7 Å². The van der Waals surface area contributed by atoms with E-state index in [0.717, 1.165) is 0 Å². The Morgan fingerprint density at radius 2 is 0.625 bits per heavy atom. The molecule has 0 N–H and O–H groups in total. The third-order valence-electron chi connectivity index (χ3n) is 24.3. The van der Waals surface area contributed by atoms with Crippen LogP contribution in [-0.4, -0.2) is 16.6 Å². The highest BCUT2D eigenvalue weighted by Crippen LogP contribution is 2.59. The van der Waals surface area contributed by atoms with Crippen LogP contribution < -0.4 is 14.7 Å². The Balaban J connectivity index is 0.000000148. The molecule has 15 rings (SSSR count). The summed E-state index contributed by atoms with van der Waals surface area (Å²) in [7, 11) is 0. The molecule has 0 amide bonds. The highest BCUT2D eigenvalue weighted by molar-refractivity contribution is 5.94. The van der Waals surface area contributed by atoms with E-state index >= 15 is 0 Å². The van der Waals surface area contributed by atoms with E-state index < -0.39 is 0 Å². The largest absolute Gasteiger partial charge is 0.336 e. The van der Waals surface area contributed by atoms with Crippen molar-refractivity contribution in [3.05, 3.63) is 322 Å². The van der Waals surface area contributed by atoms with E-state index in [1.54, 1.807) is 0 Å². The van der Waals surface area contributed by atoms with Crippen LogP contribution in [0.4, 0.5) is 34.1 Å². The molecule has 0 bridgehead atoms. The molecule has 3 aliphatic carbocycles. The van der Waals surface area contributed by atoms with E-state index in [9.17, 15) is 0 Å². The Kier molecular flexibility index (Phi) is 21.1. The van der Waals surface area contributed by atoms with Crippen LogP contribution in [0, 0.1) is 13.8 Å². The molecule has 112 heavy (non-hydrogen) atoms. The molecule has 3 heteroatoms. The van der Waals surface area contributed by atoms with Crippen LogP contribution in [0.25, 0.3) is 66.8 Å². The van der Waals surface area contributed by atoms with Crippen LogP contribution in [-0.2, 0) is 27.1 Å². The van der Waals surface area contributed by atoms with E-state index in [1.807, 2.05) is 0 Å². The Labute approximate surface area is 675 Å². The Morgan fingerprint density at radius 1 is 0.259 bits per heavy atom. The van der Waals surface area contributed by atoms with Gasteiger partial charge in [0.25, 0.3) is 0 Å². The van der Waals surface area contributed by atoms with Crippen molar-refractivity contribution in [2.24, 2.45) is 0 Å². The van der Waals surface area contributed by atoms with Crippen LogP contribution in [0.2, 0.25) is 0 Å². The van der Waals surface area contributed by atoms with Gasteiger partial charge in [0.15, 0.2) is 0 Å². The fraction of sp³-hybridized carbons (Fsp3) is 0.339. The van der Waals surface area contributed by atoms with Crippen molar-refractivity contribution in [1.29, 1.82) is 0 Å². The first-order valence-corrected chi connectivity index (χ1v) is 41.3. The van der Waals surface area contributed by atoms with Crippen molar-refractivity contribution >= 4 is 34.1 Å². The van der Waals surface area contributed by atoms with Crippen molar-refractivity contribution in [3.63, 3.8) is 0 Å². The summed E-state index contributed by atoms with van der Waals surface area (Å²) in [5, 5.41) is 0. The Bertz CT molecular complexity index is 5470. The van der Waals surface area contributed by atoms with E-state index in [1.165, 1.54) is 168 Å². The molecule has 0 spiro atoms. The van der Waals surface area contributed by atoms with Gasteiger partial charge in [-0.3, -0.25) is 0 Å². The number of rotatable bonds is 11. The molecule has 12 aromatic rings. The van der Waals surface area contributed by atoms with Gasteiger partial charge in [0.1, 0.15) is 0 Å². The van der Waals surface area contributed by atoms with Crippen molar-refractivity contribution in [2.45, 2.75) is 242 Å². The van der Waals surface area contributed by atoms with E-state index in [2.05, 4.69) is 456 Å². The number of anilines is 6. The van der Waals surface area contributed by atoms with Gasteiger partial charge in [0, 0.05) is 67.0 Å². The second kappa shape index (κ2) is 29.5. The molecule has 3 nitrogen and oxygen atoms in total. The van der Waals surface area contributed by atoms with Crippen LogP contribution in [0.1, 0.15) is 252 Å². The van der Waals surface area contributed by atoms with Gasteiger partial charge in [-0.2, -0.15) is 0 Å². The molecular formula is C109H125N3. The first kappa shape index (κ1) is 80.1. The molecule has 0 saturated heterocycles. The standard InChI is InChI=1S/C39H47N.C37H43N.C33H35N/c1-36(2,3)30-22-21-27(26-17-13-12-14-18-26)25-33(30)40(38(7,8)9)32-24-23-31-34(35(32)37(4,5)6)28-19-15-16-20-29(28)39(31,10)11;1-24(2)28-20-19-27(26-15-11-10-12-16-26)23-33(28)38(36(5,6)7)32-22-21-31-35(34(32)25(3)4)29-17-13-14-18-30(29)37(31,8)9;1-22-25(24-14-9-8-10-15-24)17-13-19-29(22)34(32(3,4)5)30-21-20-28-31(23(30)2)26-16-11-12-18-27(26)33(28,6)7/h12-25H,1-11H3;10-25H,1-9H3;8-21H,1-7H3. The van der Waals surface area contributed by atoms with Crippen molar-refractivity contribution in [2.75, 3.05) is 14.7 Å². The third-order valence-corrected chi connectivity index (χ3v) is 24.3. The highest BCUT2D eigenvalue weighted by Gasteiger charge is 2.44. The summed E-state index contributed by atoms with van der Waals surface area (Å²) in [5.74, 6) is 0.794. The average molecular weight is 1480 g/mol. The first-order valence-electron chi connectivity index (χ1n) is 41.3. The second-order valence-electron chi connectivity index (χ2n) is 39.3. The number of nitrogens with zero attached hydrogens (tertiary/aromatic N) is 3. The van der Waals surface area contributed by atoms with Crippen LogP contribution >= 0.6 is 0 Å². The van der Waals surface area contributed by atoms with Gasteiger partial charge in [-0.05, 0) is 269 Å². The topological polar surface area (TPSA) is 9.72 Å². The van der Waals surface area contributed by atoms with Gasteiger partial charge in [-0.15, -0.1) is 0 Å². The predicted molar refractivity (Wildman–Crippen MR) is 488 cm³/mol. The third kappa shape index (κ3) is 14.5. The lowest BCUT2D eigenvalue weighted by molar-refractivity contribution is 0.532. The SMILES string of the molecule is CC(C)(C)c1ccc(-c2ccccc2)cc1N(c1ccc2c(c1C(C)(C)C)-c1ccccc1C2(C)C)C(C)(C)C.CC(C)c1ccc(-c2ccccc2)cc1N(c1ccc2c(c1C(C)C)-c1ccccc1C2(C)C)C(C)(C)C.Cc1c(-c2ccccc2)cccc1N(c1ccc2c(c1C)-c1ccccc1C2(C)C)C(C)(C)C. The Morgan fingerprint density at radius 3 is 1.08 bits per heavy atom. The number of fused-ring (bicyclic) bond motifs is 9. The summed E-state index contributed by atoms with van der Waals surface area (Å²) in [6, 6.07) is 94.5. The summed E-state index contributed by atoms with van der Waals surface area (Å²) in [5.41, 5.74) is 40.2. The van der Waals surface area contributed by atoms with Gasteiger partial charge in [-0.25, -0.2) is 0 Å². The van der Waals surface area contributed by atoms with Gasteiger partial charge in [0.05, 0.1) is 0 Å². The molecule has 0 aliphatic heterocycles. The molecule has 0 fully saturated rings. The van der Waals surface area contributed by atoms with E-state index in [0.29, 0.717) is 11.8 Å².